The van der Waals surface area contributed by atoms with Crippen molar-refractivity contribution in [2.45, 2.75) is 69.6 Å². The number of benzene rings is 1. The topological polar surface area (TPSA) is 87.8 Å². The summed E-state index contributed by atoms with van der Waals surface area (Å²) in [6.07, 6.45) is 11.6. The Hall–Kier alpha value is -0.870. The zero-order chi connectivity index (χ0) is 20.7. The van der Waals surface area contributed by atoms with E-state index in [1.165, 1.54) is 51.4 Å². The van der Waals surface area contributed by atoms with Crippen LogP contribution in [0.2, 0.25) is 0 Å². The molecule has 2 fully saturated rings. The quantitative estimate of drug-likeness (QED) is 0.332. The van der Waals surface area contributed by atoms with E-state index >= 15 is 0 Å². The zero-order valence-electron chi connectivity index (χ0n) is 18.1. The van der Waals surface area contributed by atoms with Crippen molar-refractivity contribution in [1.29, 1.82) is 0 Å². The molecule has 0 aromatic heterocycles. The monoisotopic (exact) mass is 548 g/mol. The van der Waals surface area contributed by atoms with Crippen molar-refractivity contribution < 1.29 is 8.42 Å². The van der Waals surface area contributed by atoms with Crippen molar-refractivity contribution in [2.75, 3.05) is 26.2 Å². The van der Waals surface area contributed by atoms with Crippen molar-refractivity contribution in [3.8, 4) is 0 Å². The Kier molecular flexibility index (Phi) is 9.87. The minimum absolute atomic E-state index is 0. The van der Waals surface area contributed by atoms with Gasteiger partial charge in [0, 0.05) is 26.2 Å². The van der Waals surface area contributed by atoms with Gasteiger partial charge in [-0.1, -0.05) is 37.8 Å². The van der Waals surface area contributed by atoms with Gasteiger partial charge in [0.25, 0.3) is 0 Å². The van der Waals surface area contributed by atoms with E-state index < -0.39 is 10.0 Å². The van der Waals surface area contributed by atoms with Gasteiger partial charge in [0.2, 0.25) is 10.0 Å². The van der Waals surface area contributed by atoms with Crippen LogP contribution in [0.3, 0.4) is 0 Å². The van der Waals surface area contributed by atoms with Crippen molar-refractivity contribution in [3.05, 3.63) is 29.8 Å². The van der Waals surface area contributed by atoms with Crippen LogP contribution in [0.1, 0.15) is 63.9 Å². The molecule has 0 atom stereocenters. The van der Waals surface area contributed by atoms with Crippen LogP contribution in [-0.4, -0.2) is 45.5 Å². The molecule has 1 saturated carbocycles. The van der Waals surface area contributed by atoms with E-state index in [9.17, 15) is 8.42 Å². The molecule has 1 aromatic rings. The molecule has 1 spiro atoms. The molecule has 1 aliphatic carbocycles. The Morgan fingerprint density at radius 3 is 2.33 bits per heavy atom. The van der Waals surface area contributed by atoms with Crippen LogP contribution in [0, 0.1) is 5.41 Å². The number of nitrogens with one attached hydrogen (secondary N) is 1. The van der Waals surface area contributed by atoms with Crippen molar-refractivity contribution in [1.82, 2.24) is 10.2 Å². The fourth-order valence-electron chi connectivity index (χ4n) is 4.84. The summed E-state index contributed by atoms with van der Waals surface area (Å²) >= 11 is 0. The smallest absolute Gasteiger partial charge is 0.238 e. The van der Waals surface area contributed by atoms with Crippen LogP contribution in [0.4, 0.5) is 0 Å². The van der Waals surface area contributed by atoms with Crippen molar-refractivity contribution >= 4 is 40.0 Å². The second-order valence-corrected chi connectivity index (χ2v) is 10.2. The molecule has 3 rings (SSSR count). The first-order valence-corrected chi connectivity index (χ1v) is 12.6. The van der Waals surface area contributed by atoms with Gasteiger partial charge in [0.1, 0.15) is 0 Å². The van der Waals surface area contributed by atoms with Crippen molar-refractivity contribution in [2.24, 2.45) is 15.5 Å². The number of halogens is 1. The molecule has 0 unspecified atom stereocenters. The number of primary sulfonamides is 1. The van der Waals surface area contributed by atoms with E-state index in [0.29, 0.717) is 12.0 Å². The van der Waals surface area contributed by atoms with E-state index in [1.54, 1.807) is 12.1 Å². The second-order valence-electron chi connectivity index (χ2n) is 8.61. The Labute approximate surface area is 199 Å². The number of sulfonamides is 1. The number of nitrogens with zero attached hydrogens (tertiary/aromatic N) is 2. The Morgan fingerprint density at radius 1 is 1.10 bits per heavy atom. The highest BCUT2D eigenvalue weighted by Gasteiger charge is 2.36. The van der Waals surface area contributed by atoms with Gasteiger partial charge in [-0.05, 0) is 62.1 Å². The third kappa shape index (κ3) is 7.09. The lowest BCUT2D eigenvalue weighted by molar-refractivity contribution is 0.115. The third-order valence-corrected chi connectivity index (χ3v) is 7.30. The van der Waals surface area contributed by atoms with E-state index in [4.69, 9.17) is 10.1 Å². The predicted molar refractivity (Wildman–Crippen MR) is 134 cm³/mol. The van der Waals surface area contributed by atoms with Crippen LogP contribution in [0.15, 0.2) is 34.2 Å². The fourth-order valence-corrected chi connectivity index (χ4v) is 5.35. The maximum Gasteiger partial charge on any atom is 0.238 e. The molecule has 170 valence electrons. The summed E-state index contributed by atoms with van der Waals surface area (Å²) in [5.41, 5.74) is 1.55. The molecule has 0 bridgehead atoms. The molecular formula is C22H37IN4O2S. The summed E-state index contributed by atoms with van der Waals surface area (Å²) in [5.74, 6) is 1.02. The van der Waals surface area contributed by atoms with Gasteiger partial charge in [-0.25, -0.2) is 13.6 Å². The Morgan fingerprint density at radius 2 is 1.73 bits per heavy atom. The molecule has 0 amide bonds. The van der Waals surface area contributed by atoms with Gasteiger partial charge in [-0.3, -0.25) is 4.99 Å². The van der Waals surface area contributed by atoms with Gasteiger partial charge >= 0.3 is 0 Å². The standard InChI is InChI=1S/C22H36N4O2S.HI/c1-2-24-21(25-16-12-19-8-10-20(11-9-19)29(23,27)28)26-17-7-15-22(18-26)13-5-3-4-6-14-22;/h8-11H,2-7,12-18H2,1H3,(H,24,25)(H2,23,27,28);1H. The maximum atomic E-state index is 11.4. The average Bonchev–Trinajstić information content (AvgIpc) is 2.92. The number of nitrogens with two attached hydrogens (primary N) is 1. The van der Waals surface area contributed by atoms with Crippen LogP contribution in [0.25, 0.3) is 0 Å². The molecular weight excluding hydrogens is 511 g/mol. The highest BCUT2D eigenvalue weighted by atomic mass is 127. The first-order valence-electron chi connectivity index (χ1n) is 11.1. The van der Waals surface area contributed by atoms with E-state index in [-0.39, 0.29) is 28.9 Å². The summed E-state index contributed by atoms with van der Waals surface area (Å²) in [4.78, 5) is 7.52. The zero-order valence-corrected chi connectivity index (χ0v) is 21.3. The van der Waals surface area contributed by atoms with E-state index in [0.717, 1.165) is 37.6 Å². The van der Waals surface area contributed by atoms with E-state index in [1.807, 2.05) is 12.1 Å². The lowest BCUT2D eigenvalue weighted by Crippen LogP contribution is -2.50. The lowest BCUT2D eigenvalue weighted by Gasteiger charge is -2.44. The summed E-state index contributed by atoms with van der Waals surface area (Å²) in [5, 5.41) is 8.65. The minimum atomic E-state index is -3.64. The van der Waals surface area contributed by atoms with Crippen LogP contribution in [-0.2, 0) is 16.4 Å². The third-order valence-electron chi connectivity index (χ3n) is 6.37. The minimum Gasteiger partial charge on any atom is -0.357 e. The van der Waals surface area contributed by atoms with Gasteiger partial charge in [-0.2, -0.15) is 0 Å². The number of piperidine rings is 1. The number of rotatable bonds is 5. The molecule has 0 radical (unpaired) electrons. The second kappa shape index (κ2) is 11.7. The molecule has 8 heteroatoms. The van der Waals surface area contributed by atoms with Crippen LogP contribution >= 0.6 is 24.0 Å². The summed E-state index contributed by atoms with van der Waals surface area (Å²) in [7, 11) is -3.64. The number of guanidine groups is 1. The van der Waals surface area contributed by atoms with Gasteiger partial charge in [-0.15, -0.1) is 24.0 Å². The highest BCUT2D eigenvalue weighted by molar-refractivity contribution is 14.0. The first kappa shape index (κ1) is 25.4. The number of hydrogen-bond donors (Lipinski definition) is 2. The predicted octanol–water partition coefficient (Wildman–Crippen LogP) is 3.90. The normalized spacial score (nSPS) is 19.8. The summed E-state index contributed by atoms with van der Waals surface area (Å²) < 4.78 is 22.8. The molecule has 1 heterocycles. The number of aliphatic imine (C=N–C) groups is 1. The van der Waals surface area contributed by atoms with Crippen LogP contribution < -0.4 is 10.5 Å². The highest BCUT2D eigenvalue weighted by Crippen LogP contribution is 2.42. The van der Waals surface area contributed by atoms with Crippen molar-refractivity contribution in [3.63, 3.8) is 0 Å². The Balaban J connectivity index is 0.00000320. The molecule has 1 aromatic carbocycles. The lowest BCUT2D eigenvalue weighted by atomic mass is 9.74. The molecule has 30 heavy (non-hydrogen) atoms. The number of hydrogen-bond acceptors (Lipinski definition) is 3. The Bertz CT molecular complexity index is 788. The van der Waals surface area contributed by atoms with Gasteiger partial charge in [0.15, 0.2) is 5.96 Å². The first-order chi connectivity index (χ1) is 13.9. The maximum absolute atomic E-state index is 11.4. The summed E-state index contributed by atoms with van der Waals surface area (Å²) in [6, 6.07) is 6.78. The number of likely N-dealkylation sites (tertiary alicyclic amines) is 1. The molecule has 1 saturated heterocycles. The molecule has 6 nitrogen and oxygen atoms in total. The average molecular weight is 549 g/mol. The molecule has 3 N–H and O–H groups in total. The van der Waals surface area contributed by atoms with Gasteiger partial charge in [0.05, 0.1) is 4.90 Å². The molecule has 2 aliphatic rings. The largest absolute Gasteiger partial charge is 0.357 e. The molecule has 1 aliphatic heterocycles. The van der Waals surface area contributed by atoms with Crippen LogP contribution in [0.5, 0.6) is 0 Å². The fraction of sp³-hybridized carbons (Fsp3) is 0.682. The summed E-state index contributed by atoms with van der Waals surface area (Å²) in [6.45, 7) is 5.87. The van der Waals surface area contributed by atoms with E-state index in [2.05, 4.69) is 17.1 Å². The van der Waals surface area contributed by atoms with Gasteiger partial charge < -0.3 is 10.2 Å². The SMILES string of the molecule is CCNC(=NCCc1ccc(S(N)(=O)=O)cc1)N1CCCC2(CCCCCC2)C1.I.